The fraction of sp³-hybridized carbons (Fsp3) is 0.391. The lowest BCUT2D eigenvalue weighted by Crippen LogP contribution is -2.63. The Balaban J connectivity index is 1.63. The quantitative estimate of drug-likeness (QED) is 0.735. The van der Waals surface area contributed by atoms with Gasteiger partial charge in [-0.3, -0.25) is 0 Å². The Bertz CT molecular complexity index is 956. The van der Waals surface area contributed by atoms with Crippen LogP contribution in [-0.4, -0.2) is 68.9 Å². The van der Waals surface area contributed by atoms with Crippen LogP contribution >= 0.6 is 0 Å². The van der Waals surface area contributed by atoms with E-state index in [1.165, 1.54) is 0 Å². The van der Waals surface area contributed by atoms with E-state index >= 15 is 0 Å². The summed E-state index contributed by atoms with van der Waals surface area (Å²) in [4.78, 5) is 4.22. The van der Waals surface area contributed by atoms with Gasteiger partial charge in [0.1, 0.15) is 0 Å². The number of benzene rings is 2. The molecule has 150 valence electrons. The van der Waals surface area contributed by atoms with Crippen molar-refractivity contribution in [3.63, 3.8) is 0 Å². The van der Waals surface area contributed by atoms with Gasteiger partial charge in [0.2, 0.25) is 0 Å². The van der Waals surface area contributed by atoms with Crippen LogP contribution < -0.4 is 19.3 Å². The van der Waals surface area contributed by atoms with Crippen molar-refractivity contribution in [2.45, 2.75) is 18.9 Å². The molecule has 1 fully saturated rings. The minimum atomic E-state index is -0.963. The van der Waals surface area contributed by atoms with Gasteiger partial charge in [-0.15, -0.1) is 0 Å². The molecule has 0 bridgehead atoms. The fourth-order valence-corrected chi connectivity index (χ4v) is 4.20. The average molecular weight is 393 g/mol. The monoisotopic (exact) mass is 392 g/mol. The van der Waals surface area contributed by atoms with E-state index in [0.717, 1.165) is 59.9 Å². The molecule has 0 saturated carbocycles. The molecule has 0 N–H and O–H groups in total. The van der Waals surface area contributed by atoms with Gasteiger partial charge in [0.05, 0.1) is 11.1 Å². The van der Waals surface area contributed by atoms with Crippen LogP contribution in [0.2, 0.25) is 0 Å². The zero-order valence-corrected chi connectivity index (χ0v) is 17.6. The van der Waals surface area contributed by atoms with Crippen molar-refractivity contribution in [2.75, 3.05) is 51.1 Å². The molecule has 0 amide bonds. The van der Waals surface area contributed by atoms with Gasteiger partial charge in [0.15, 0.2) is 37.0 Å². The molecule has 0 aliphatic carbocycles. The van der Waals surface area contributed by atoms with Crippen molar-refractivity contribution in [3.05, 3.63) is 47.5 Å². The Labute approximate surface area is 171 Å². The number of rotatable bonds is 2. The molecule has 29 heavy (non-hydrogen) atoms. The Morgan fingerprint density at radius 2 is 1.17 bits per heavy atom. The Hall–Kier alpha value is -3.02. The highest BCUT2D eigenvalue weighted by atomic mass is 16.7. The number of ether oxygens (including phenoxy) is 2. The lowest BCUT2D eigenvalue weighted by Gasteiger charge is -2.31. The van der Waals surface area contributed by atoms with E-state index in [1.807, 2.05) is 12.1 Å². The lowest BCUT2D eigenvalue weighted by molar-refractivity contribution is -0.903. The Kier molecular flexibility index (Phi) is 4.05. The van der Waals surface area contributed by atoms with Gasteiger partial charge in [0, 0.05) is 52.4 Å². The molecule has 1 spiro atoms. The fourth-order valence-electron chi connectivity index (χ4n) is 4.20. The van der Waals surface area contributed by atoms with Crippen LogP contribution in [-0.2, 0) is 0 Å². The zero-order chi connectivity index (χ0) is 20.2. The molecule has 6 nitrogen and oxygen atoms in total. The maximum Gasteiger partial charge on any atom is 0.703 e. The summed E-state index contributed by atoms with van der Waals surface area (Å²) in [5.41, 5.74) is 4.48. The molecular weight excluding hydrogens is 364 g/mol. The molecule has 5 rings (SSSR count). The lowest BCUT2D eigenvalue weighted by atomic mass is 10.1. The first-order valence-corrected chi connectivity index (χ1v) is 10.2. The minimum absolute atomic E-state index is 0.848. The second-order valence-electron chi connectivity index (χ2n) is 8.34. The van der Waals surface area contributed by atoms with Gasteiger partial charge in [-0.25, -0.2) is 0 Å². The summed E-state index contributed by atoms with van der Waals surface area (Å²) in [5, 5.41) is 0. The molecule has 0 atom stereocenters. The number of hydrogen-bond donors (Lipinski definition) is 0. The first-order chi connectivity index (χ1) is 14.0. The molecule has 3 aliphatic rings. The summed E-state index contributed by atoms with van der Waals surface area (Å²) in [6.45, 7) is 1.78. The van der Waals surface area contributed by atoms with Crippen LogP contribution in [0.4, 0.5) is 11.4 Å². The van der Waals surface area contributed by atoms with Crippen LogP contribution in [0.3, 0.4) is 0 Å². The highest BCUT2D eigenvalue weighted by Gasteiger charge is 2.64. The van der Waals surface area contributed by atoms with Crippen LogP contribution in [0.1, 0.15) is 24.0 Å². The first kappa shape index (κ1) is 18.0. The van der Waals surface area contributed by atoms with E-state index in [2.05, 4.69) is 83.8 Å². The van der Waals surface area contributed by atoms with E-state index < -0.39 is 6.03 Å². The van der Waals surface area contributed by atoms with Gasteiger partial charge >= 0.3 is 6.03 Å². The topological polar surface area (TPSA) is 31.0 Å². The summed E-state index contributed by atoms with van der Waals surface area (Å²) in [6.07, 6.45) is 6.57. The van der Waals surface area contributed by atoms with Crippen LogP contribution in [0.5, 0.6) is 11.5 Å². The minimum Gasteiger partial charge on any atom is -0.378 e. The second kappa shape index (κ2) is 6.51. The highest BCUT2D eigenvalue weighted by molar-refractivity contribution is 5.84. The number of nitrogens with zero attached hydrogens (tertiary/aromatic N) is 4. The standard InChI is InChI=1S/C23H28N4O2/c1-24(2)19-7-9-21-17(13-19)15-26-11-5-6-12-27-16-18-14-20(25(3)4)8-10-22(18)29-23(26,27)28-21/h7-10,13-16H,5-6,11-12H2,1-4H3/q+2. The number of fused-ring (bicyclic) bond motifs is 2. The molecule has 3 aliphatic heterocycles. The third-order valence-corrected chi connectivity index (χ3v) is 5.87. The zero-order valence-electron chi connectivity index (χ0n) is 17.6. The van der Waals surface area contributed by atoms with E-state index in [9.17, 15) is 0 Å². The average Bonchev–Trinajstić information content (AvgIpc) is 2.87. The summed E-state index contributed by atoms with van der Waals surface area (Å²) >= 11 is 0. The van der Waals surface area contributed by atoms with E-state index in [-0.39, 0.29) is 0 Å². The number of hydrogen-bond acceptors (Lipinski definition) is 4. The SMILES string of the molecule is CN(C)c1ccc2c(c1)C=[N+]1CCCC[N+]3=Cc4cc(N(C)C)ccc4OC13O2. The molecule has 2 aromatic carbocycles. The summed E-state index contributed by atoms with van der Waals surface area (Å²) in [6, 6.07) is 11.6. The maximum atomic E-state index is 6.61. The smallest absolute Gasteiger partial charge is 0.378 e. The highest BCUT2D eigenvalue weighted by Crippen LogP contribution is 2.37. The largest absolute Gasteiger partial charge is 0.703 e. The van der Waals surface area contributed by atoms with Crippen LogP contribution in [0.15, 0.2) is 36.4 Å². The van der Waals surface area contributed by atoms with E-state index in [0.29, 0.717) is 0 Å². The van der Waals surface area contributed by atoms with E-state index in [4.69, 9.17) is 9.47 Å². The van der Waals surface area contributed by atoms with Gasteiger partial charge in [-0.1, -0.05) is 9.15 Å². The van der Waals surface area contributed by atoms with Crippen molar-refractivity contribution in [3.8, 4) is 11.5 Å². The number of anilines is 2. The van der Waals surface area contributed by atoms with Crippen LogP contribution in [0.25, 0.3) is 0 Å². The normalized spacial score (nSPS) is 18.3. The van der Waals surface area contributed by atoms with Gasteiger partial charge in [-0.2, -0.15) is 0 Å². The molecule has 3 heterocycles. The van der Waals surface area contributed by atoms with E-state index in [1.54, 1.807) is 0 Å². The molecule has 0 unspecified atom stereocenters. The Morgan fingerprint density at radius 3 is 1.59 bits per heavy atom. The molecule has 2 aromatic rings. The molecular formula is C23H28N4O2+2. The molecule has 0 radical (unpaired) electrons. The van der Waals surface area contributed by atoms with Crippen molar-refractivity contribution in [1.82, 2.24) is 0 Å². The van der Waals surface area contributed by atoms with Gasteiger partial charge < -0.3 is 19.3 Å². The van der Waals surface area contributed by atoms with Gasteiger partial charge in [-0.05, 0) is 36.4 Å². The molecule has 0 aromatic heterocycles. The third kappa shape index (κ3) is 2.85. The third-order valence-electron chi connectivity index (χ3n) is 5.87. The van der Waals surface area contributed by atoms with Crippen molar-refractivity contribution >= 4 is 23.8 Å². The molecule has 6 heteroatoms. The summed E-state index contributed by atoms with van der Waals surface area (Å²) in [5.74, 6) is 1.70. The first-order valence-electron chi connectivity index (χ1n) is 10.2. The van der Waals surface area contributed by atoms with Crippen molar-refractivity contribution in [1.29, 1.82) is 0 Å². The predicted molar refractivity (Wildman–Crippen MR) is 115 cm³/mol. The van der Waals surface area contributed by atoms with Crippen molar-refractivity contribution in [2.24, 2.45) is 0 Å². The van der Waals surface area contributed by atoms with Crippen LogP contribution in [0, 0.1) is 0 Å². The molecule has 1 saturated heterocycles. The summed E-state index contributed by atoms with van der Waals surface area (Å²) < 4.78 is 17.6. The predicted octanol–water partition coefficient (Wildman–Crippen LogP) is 2.57. The van der Waals surface area contributed by atoms with Gasteiger partial charge in [0.25, 0.3) is 0 Å². The van der Waals surface area contributed by atoms with Crippen molar-refractivity contribution < 1.29 is 18.6 Å². The Morgan fingerprint density at radius 1 is 0.724 bits per heavy atom. The second-order valence-corrected chi connectivity index (χ2v) is 8.34. The summed E-state index contributed by atoms with van der Waals surface area (Å²) in [7, 11) is 8.22. The maximum absolute atomic E-state index is 6.61.